The normalized spacial score (nSPS) is 12.1. The van der Waals surface area contributed by atoms with Gasteiger partial charge in [0.2, 0.25) is 0 Å². The Kier molecular flexibility index (Phi) is 6.38. The molecule has 0 bridgehead atoms. The van der Waals surface area contributed by atoms with E-state index in [-0.39, 0.29) is 17.6 Å². The summed E-state index contributed by atoms with van der Waals surface area (Å²) in [7, 11) is 0. The van der Waals surface area contributed by atoms with Crippen molar-refractivity contribution in [2.24, 2.45) is 5.41 Å². The van der Waals surface area contributed by atoms with Gasteiger partial charge in [-0.1, -0.05) is 38.1 Å². The minimum atomic E-state index is -2.40. The Balaban J connectivity index is 2.36. The summed E-state index contributed by atoms with van der Waals surface area (Å²) in [6.07, 6.45) is -0.641. The van der Waals surface area contributed by atoms with Crippen LogP contribution in [0.1, 0.15) is 44.2 Å². The van der Waals surface area contributed by atoms with Gasteiger partial charge in [0.1, 0.15) is 0 Å². The van der Waals surface area contributed by atoms with E-state index in [0.717, 1.165) is 24.9 Å². The van der Waals surface area contributed by atoms with E-state index in [0.29, 0.717) is 6.54 Å². The van der Waals surface area contributed by atoms with Crippen LogP contribution < -0.4 is 5.32 Å². The molecule has 2 nitrogen and oxygen atoms in total. The fourth-order valence-electron chi connectivity index (χ4n) is 1.97. The van der Waals surface area contributed by atoms with Gasteiger partial charge in [-0.2, -0.15) is 0 Å². The molecule has 0 aliphatic heterocycles. The van der Waals surface area contributed by atoms with Gasteiger partial charge in [0.25, 0.3) is 6.43 Å². The predicted octanol–water partition coefficient (Wildman–Crippen LogP) is 3.51. The Morgan fingerprint density at radius 1 is 1.21 bits per heavy atom. The molecule has 4 heteroatoms. The summed E-state index contributed by atoms with van der Waals surface area (Å²) in [6, 6.07) is 6.40. The van der Waals surface area contributed by atoms with E-state index < -0.39 is 6.43 Å². The number of nitrogens with one attached hydrogen (secondary N) is 1. The van der Waals surface area contributed by atoms with Crippen LogP contribution in [0.25, 0.3) is 0 Å². The van der Waals surface area contributed by atoms with E-state index >= 15 is 0 Å². The van der Waals surface area contributed by atoms with Crippen LogP contribution in [0.5, 0.6) is 0 Å². The minimum absolute atomic E-state index is 0.0621. The van der Waals surface area contributed by atoms with Gasteiger partial charge in [0, 0.05) is 25.3 Å². The van der Waals surface area contributed by atoms with Crippen molar-refractivity contribution in [1.82, 2.24) is 5.32 Å². The van der Waals surface area contributed by atoms with Gasteiger partial charge < -0.3 is 10.4 Å². The van der Waals surface area contributed by atoms with Gasteiger partial charge >= 0.3 is 0 Å². The number of rotatable bonds is 8. The molecule has 0 aliphatic carbocycles. The molecule has 2 N–H and O–H groups in total. The van der Waals surface area contributed by atoms with Crippen LogP contribution in [-0.2, 0) is 6.54 Å². The molecular formula is C15H23F2NO. The third-order valence-electron chi connectivity index (χ3n) is 3.18. The average molecular weight is 271 g/mol. The van der Waals surface area contributed by atoms with E-state index in [1.165, 1.54) is 12.1 Å². The van der Waals surface area contributed by atoms with Crippen molar-refractivity contribution in [3.05, 3.63) is 35.4 Å². The summed E-state index contributed by atoms with van der Waals surface area (Å²) >= 11 is 0. The van der Waals surface area contributed by atoms with Crippen LogP contribution in [0.15, 0.2) is 24.3 Å². The van der Waals surface area contributed by atoms with E-state index in [1.807, 2.05) is 0 Å². The third kappa shape index (κ3) is 6.12. The molecule has 0 heterocycles. The van der Waals surface area contributed by atoms with Crippen LogP contribution in [0, 0.1) is 5.41 Å². The number of hydrogen-bond acceptors (Lipinski definition) is 2. The predicted molar refractivity (Wildman–Crippen MR) is 73.2 cm³/mol. The number of aliphatic hydroxyl groups is 1. The Morgan fingerprint density at radius 3 is 2.37 bits per heavy atom. The lowest BCUT2D eigenvalue weighted by molar-refractivity contribution is 0.151. The molecule has 0 radical (unpaired) electrons. The van der Waals surface area contributed by atoms with Crippen LogP contribution in [-0.4, -0.2) is 18.3 Å². The van der Waals surface area contributed by atoms with Gasteiger partial charge in [-0.05, 0) is 23.8 Å². The molecule has 0 unspecified atom stereocenters. The topological polar surface area (TPSA) is 32.3 Å². The van der Waals surface area contributed by atoms with Crippen molar-refractivity contribution in [1.29, 1.82) is 0 Å². The number of hydrogen-bond donors (Lipinski definition) is 2. The molecule has 1 rings (SSSR count). The summed E-state index contributed by atoms with van der Waals surface area (Å²) in [5.74, 6) is 0. The zero-order valence-electron chi connectivity index (χ0n) is 11.6. The largest absolute Gasteiger partial charge is 0.396 e. The molecule has 108 valence electrons. The summed E-state index contributed by atoms with van der Waals surface area (Å²) in [5.41, 5.74) is 1.19. The first-order valence-corrected chi connectivity index (χ1v) is 6.63. The first-order chi connectivity index (χ1) is 8.94. The van der Waals surface area contributed by atoms with Crippen LogP contribution >= 0.6 is 0 Å². The molecule has 1 aromatic rings. The second-order valence-electron chi connectivity index (χ2n) is 5.64. The van der Waals surface area contributed by atoms with E-state index in [2.05, 4.69) is 19.2 Å². The second kappa shape index (κ2) is 7.56. The van der Waals surface area contributed by atoms with Gasteiger partial charge in [-0.25, -0.2) is 8.78 Å². The SMILES string of the molecule is CC(C)(CCCO)CNCc1ccc(C(F)F)cc1. The molecule has 0 spiro atoms. The Morgan fingerprint density at radius 2 is 1.84 bits per heavy atom. The Bertz CT molecular complexity index is 363. The lowest BCUT2D eigenvalue weighted by atomic mass is 9.88. The third-order valence-corrected chi connectivity index (χ3v) is 3.18. The van der Waals surface area contributed by atoms with Gasteiger partial charge in [0.15, 0.2) is 0 Å². The standard InChI is InChI=1S/C15H23F2NO/c1-15(2,8-3-9-19)11-18-10-12-4-6-13(7-5-12)14(16)17/h4-7,14,18-19H,3,8-11H2,1-2H3. The maximum atomic E-state index is 12.4. The van der Waals surface area contributed by atoms with Crippen LogP contribution in [0.3, 0.4) is 0 Å². The van der Waals surface area contributed by atoms with Crippen molar-refractivity contribution in [2.75, 3.05) is 13.2 Å². The highest BCUT2D eigenvalue weighted by atomic mass is 19.3. The fourth-order valence-corrected chi connectivity index (χ4v) is 1.97. The minimum Gasteiger partial charge on any atom is -0.396 e. The molecule has 0 aliphatic rings. The maximum Gasteiger partial charge on any atom is 0.263 e. The molecular weight excluding hydrogens is 248 g/mol. The lowest BCUT2D eigenvalue weighted by Gasteiger charge is -2.24. The van der Waals surface area contributed by atoms with E-state index in [4.69, 9.17) is 5.11 Å². The highest BCUT2D eigenvalue weighted by molar-refractivity contribution is 5.23. The molecule has 0 amide bonds. The monoisotopic (exact) mass is 271 g/mol. The summed E-state index contributed by atoms with van der Waals surface area (Å²) < 4.78 is 24.8. The molecule has 0 aromatic heterocycles. The van der Waals surface area contributed by atoms with Crippen molar-refractivity contribution >= 4 is 0 Å². The highest BCUT2D eigenvalue weighted by Gasteiger charge is 2.16. The number of aliphatic hydroxyl groups excluding tert-OH is 1. The van der Waals surface area contributed by atoms with Gasteiger partial charge in [-0.15, -0.1) is 0 Å². The lowest BCUT2D eigenvalue weighted by Crippen LogP contribution is -2.29. The first kappa shape index (κ1) is 16.1. The molecule has 0 saturated heterocycles. The molecule has 19 heavy (non-hydrogen) atoms. The van der Waals surface area contributed by atoms with E-state index in [9.17, 15) is 8.78 Å². The number of alkyl halides is 2. The van der Waals surface area contributed by atoms with Gasteiger partial charge in [0.05, 0.1) is 0 Å². The van der Waals surface area contributed by atoms with Crippen LogP contribution in [0.2, 0.25) is 0 Å². The van der Waals surface area contributed by atoms with E-state index in [1.54, 1.807) is 12.1 Å². The number of halogens is 2. The Labute approximate surface area is 113 Å². The summed E-state index contributed by atoms with van der Waals surface area (Å²) in [5, 5.41) is 12.2. The first-order valence-electron chi connectivity index (χ1n) is 6.63. The summed E-state index contributed by atoms with van der Waals surface area (Å²) in [6.45, 7) is 6.03. The maximum absolute atomic E-state index is 12.4. The molecule has 1 aromatic carbocycles. The fraction of sp³-hybridized carbons (Fsp3) is 0.600. The van der Waals surface area contributed by atoms with Crippen molar-refractivity contribution in [2.45, 2.75) is 39.7 Å². The smallest absolute Gasteiger partial charge is 0.263 e. The number of benzene rings is 1. The van der Waals surface area contributed by atoms with Gasteiger partial charge in [-0.3, -0.25) is 0 Å². The zero-order valence-corrected chi connectivity index (χ0v) is 11.6. The highest BCUT2D eigenvalue weighted by Crippen LogP contribution is 2.21. The molecule has 0 saturated carbocycles. The van der Waals surface area contributed by atoms with Crippen molar-refractivity contribution in [3.63, 3.8) is 0 Å². The molecule has 0 fully saturated rings. The molecule has 0 atom stereocenters. The van der Waals surface area contributed by atoms with Crippen LogP contribution in [0.4, 0.5) is 8.78 Å². The van der Waals surface area contributed by atoms with Crippen molar-refractivity contribution < 1.29 is 13.9 Å². The summed E-state index contributed by atoms with van der Waals surface area (Å²) in [4.78, 5) is 0. The average Bonchev–Trinajstić information content (AvgIpc) is 2.37. The van der Waals surface area contributed by atoms with Crippen molar-refractivity contribution in [3.8, 4) is 0 Å². The Hall–Kier alpha value is -1.00. The second-order valence-corrected chi connectivity index (χ2v) is 5.64. The zero-order chi connectivity index (χ0) is 14.3. The quantitative estimate of drug-likeness (QED) is 0.758.